The van der Waals surface area contributed by atoms with Gasteiger partial charge in [-0.3, -0.25) is 9.59 Å². The molecule has 0 aliphatic carbocycles. The number of amides is 2. The smallest absolute Gasteiger partial charge is 0.261 e. The molecule has 2 N–H and O–H groups in total. The quantitative estimate of drug-likeness (QED) is 0.694. The van der Waals surface area contributed by atoms with Gasteiger partial charge in [-0.2, -0.15) is 0 Å². The van der Waals surface area contributed by atoms with Crippen LogP contribution in [0.15, 0.2) is 15.9 Å². The standard InChI is InChI=1S/C14H20BrN3O4S2/c1-24(21,22)18-6-4-10(5-7-18)8-16-13(19)9-17-14(20)11-2-3-12(15)23-11/h2-3,10H,4-9H2,1H3,(H,16,19)(H,17,20). The van der Waals surface area contributed by atoms with E-state index in [2.05, 4.69) is 26.6 Å². The third-order valence-electron chi connectivity index (χ3n) is 3.84. The topological polar surface area (TPSA) is 95.6 Å². The maximum Gasteiger partial charge on any atom is 0.261 e. The van der Waals surface area contributed by atoms with Crippen molar-refractivity contribution in [2.75, 3.05) is 32.4 Å². The van der Waals surface area contributed by atoms with Crippen LogP contribution in [-0.4, -0.2) is 57.0 Å². The number of thiophene rings is 1. The summed E-state index contributed by atoms with van der Waals surface area (Å²) in [6.07, 6.45) is 2.66. The van der Waals surface area contributed by atoms with Gasteiger partial charge in [-0.15, -0.1) is 11.3 Å². The number of nitrogens with zero attached hydrogens (tertiary/aromatic N) is 1. The number of halogens is 1. The summed E-state index contributed by atoms with van der Waals surface area (Å²) in [5.74, 6) is -0.261. The van der Waals surface area contributed by atoms with Crippen LogP contribution in [0, 0.1) is 5.92 Å². The second kappa shape index (κ2) is 8.41. The van der Waals surface area contributed by atoms with Gasteiger partial charge in [0.05, 0.1) is 21.5 Å². The van der Waals surface area contributed by atoms with Crippen LogP contribution in [0.3, 0.4) is 0 Å². The average molecular weight is 438 g/mol. The molecule has 1 aliphatic heterocycles. The molecule has 24 heavy (non-hydrogen) atoms. The van der Waals surface area contributed by atoms with Crippen molar-refractivity contribution in [3.63, 3.8) is 0 Å². The Kier molecular flexibility index (Phi) is 6.79. The number of carbonyl (C=O) groups excluding carboxylic acids is 2. The molecule has 0 aromatic carbocycles. The zero-order valence-electron chi connectivity index (χ0n) is 13.2. The van der Waals surface area contributed by atoms with E-state index < -0.39 is 10.0 Å². The Morgan fingerprint density at radius 3 is 2.50 bits per heavy atom. The summed E-state index contributed by atoms with van der Waals surface area (Å²) in [6.45, 7) is 1.40. The molecule has 2 amide bonds. The van der Waals surface area contributed by atoms with Crippen molar-refractivity contribution in [3.8, 4) is 0 Å². The zero-order valence-corrected chi connectivity index (χ0v) is 16.5. The van der Waals surface area contributed by atoms with Gasteiger partial charge in [-0.1, -0.05) is 0 Å². The molecule has 0 bridgehead atoms. The second-order valence-electron chi connectivity index (χ2n) is 5.70. The summed E-state index contributed by atoms with van der Waals surface area (Å²) >= 11 is 4.59. The lowest BCUT2D eigenvalue weighted by atomic mass is 9.98. The van der Waals surface area contributed by atoms with Crippen molar-refractivity contribution in [3.05, 3.63) is 20.8 Å². The molecule has 10 heteroatoms. The van der Waals surface area contributed by atoms with Gasteiger partial charge < -0.3 is 10.6 Å². The van der Waals surface area contributed by atoms with Gasteiger partial charge in [-0.05, 0) is 46.8 Å². The van der Waals surface area contributed by atoms with Gasteiger partial charge in [0.15, 0.2) is 0 Å². The molecule has 1 fully saturated rings. The fraction of sp³-hybridized carbons (Fsp3) is 0.571. The van der Waals surface area contributed by atoms with E-state index in [0.717, 1.165) is 16.6 Å². The van der Waals surface area contributed by atoms with Gasteiger partial charge in [0.1, 0.15) is 0 Å². The fourth-order valence-corrected chi connectivity index (χ4v) is 4.63. The Balaban J connectivity index is 1.66. The van der Waals surface area contributed by atoms with Crippen molar-refractivity contribution in [2.24, 2.45) is 5.92 Å². The highest BCUT2D eigenvalue weighted by Gasteiger charge is 2.25. The largest absolute Gasteiger partial charge is 0.354 e. The lowest BCUT2D eigenvalue weighted by Crippen LogP contribution is -2.43. The number of hydrogen-bond acceptors (Lipinski definition) is 5. The molecule has 0 radical (unpaired) electrons. The molecule has 0 unspecified atom stereocenters. The Labute approximate surface area is 154 Å². The molecule has 1 saturated heterocycles. The third kappa shape index (κ3) is 5.83. The maximum atomic E-state index is 11.8. The van der Waals surface area contributed by atoms with Gasteiger partial charge in [0.25, 0.3) is 5.91 Å². The molecule has 0 saturated carbocycles. The molecule has 1 aromatic heterocycles. The fourth-order valence-electron chi connectivity index (χ4n) is 2.45. The number of piperidine rings is 1. The molecule has 0 spiro atoms. The summed E-state index contributed by atoms with van der Waals surface area (Å²) in [4.78, 5) is 24.2. The number of nitrogens with one attached hydrogen (secondary N) is 2. The van der Waals surface area contributed by atoms with Crippen LogP contribution < -0.4 is 10.6 Å². The highest BCUT2D eigenvalue weighted by molar-refractivity contribution is 9.11. The average Bonchev–Trinajstić information content (AvgIpc) is 2.96. The second-order valence-corrected chi connectivity index (χ2v) is 10.1. The molecule has 2 rings (SSSR count). The number of sulfonamides is 1. The van der Waals surface area contributed by atoms with E-state index in [9.17, 15) is 18.0 Å². The Hall–Kier alpha value is -0.970. The first-order valence-corrected chi connectivity index (χ1v) is 11.0. The highest BCUT2D eigenvalue weighted by Crippen LogP contribution is 2.21. The van der Waals surface area contributed by atoms with Crippen molar-refractivity contribution >= 4 is 49.1 Å². The van der Waals surface area contributed by atoms with Crippen LogP contribution in [0.25, 0.3) is 0 Å². The lowest BCUT2D eigenvalue weighted by Gasteiger charge is -2.30. The molecule has 1 aromatic rings. The van der Waals surface area contributed by atoms with Gasteiger partial charge in [0.2, 0.25) is 15.9 Å². The number of hydrogen-bond donors (Lipinski definition) is 2. The number of carbonyl (C=O) groups is 2. The predicted octanol–water partition coefficient (Wildman–Crippen LogP) is 1.03. The van der Waals surface area contributed by atoms with Gasteiger partial charge in [0, 0.05) is 19.6 Å². The molecule has 0 atom stereocenters. The summed E-state index contributed by atoms with van der Waals surface area (Å²) < 4.78 is 25.2. The van der Waals surface area contributed by atoms with E-state index in [1.165, 1.54) is 21.9 Å². The molecule has 2 heterocycles. The van der Waals surface area contributed by atoms with E-state index in [4.69, 9.17) is 0 Å². The van der Waals surface area contributed by atoms with Crippen LogP contribution in [0.5, 0.6) is 0 Å². The van der Waals surface area contributed by atoms with Gasteiger partial charge in [-0.25, -0.2) is 12.7 Å². The van der Waals surface area contributed by atoms with Crippen LogP contribution in [-0.2, 0) is 14.8 Å². The van der Waals surface area contributed by atoms with E-state index in [0.29, 0.717) is 24.5 Å². The van der Waals surface area contributed by atoms with Crippen molar-refractivity contribution in [1.29, 1.82) is 0 Å². The van der Waals surface area contributed by atoms with Crippen LogP contribution >= 0.6 is 27.3 Å². The summed E-state index contributed by atoms with van der Waals surface area (Å²) in [5, 5.41) is 5.37. The molecule has 7 nitrogen and oxygen atoms in total. The maximum absolute atomic E-state index is 11.8. The van der Waals surface area contributed by atoms with Crippen LogP contribution in [0.1, 0.15) is 22.5 Å². The Bertz CT molecular complexity index is 697. The minimum atomic E-state index is -3.13. The third-order valence-corrected chi connectivity index (χ3v) is 6.76. The van der Waals surface area contributed by atoms with Crippen molar-refractivity contribution < 1.29 is 18.0 Å². The van der Waals surface area contributed by atoms with E-state index in [1.807, 2.05) is 0 Å². The minimum absolute atomic E-state index is 0.0729. The summed E-state index contributed by atoms with van der Waals surface area (Å²) in [5.41, 5.74) is 0. The van der Waals surface area contributed by atoms with E-state index in [1.54, 1.807) is 12.1 Å². The van der Waals surface area contributed by atoms with E-state index >= 15 is 0 Å². The molecular formula is C14H20BrN3O4S2. The predicted molar refractivity (Wildman–Crippen MR) is 96.5 cm³/mol. The highest BCUT2D eigenvalue weighted by atomic mass is 79.9. The summed E-state index contributed by atoms with van der Waals surface area (Å²) in [7, 11) is -3.13. The monoisotopic (exact) mass is 437 g/mol. The first kappa shape index (κ1) is 19.4. The van der Waals surface area contributed by atoms with Crippen LogP contribution in [0.4, 0.5) is 0 Å². The molecule has 1 aliphatic rings. The van der Waals surface area contributed by atoms with Gasteiger partial charge >= 0.3 is 0 Å². The first-order valence-electron chi connectivity index (χ1n) is 7.51. The van der Waals surface area contributed by atoms with E-state index in [-0.39, 0.29) is 24.3 Å². The van der Waals surface area contributed by atoms with Crippen LogP contribution in [0.2, 0.25) is 0 Å². The summed E-state index contributed by atoms with van der Waals surface area (Å²) in [6, 6.07) is 3.47. The normalized spacial score (nSPS) is 16.8. The minimum Gasteiger partial charge on any atom is -0.354 e. The first-order chi connectivity index (χ1) is 11.3. The Morgan fingerprint density at radius 1 is 1.29 bits per heavy atom. The zero-order chi connectivity index (χ0) is 17.7. The lowest BCUT2D eigenvalue weighted by molar-refractivity contribution is -0.120. The molecular weight excluding hydrogens is 418 g/mol. The number of rotatable bonds is 6. The van der Waals surface area contributed by atoms with Crippen molar-refractivity contribution in [2.45, 2.75) is 12.8 Å². The SMILES string of the molecule is CS(=O)(=O)N1CCC(CNC(=O)CNC(=O)c2ccc(Br)s2)CC1. The Morgan fingerprint density at radius 2 is 1.96 bits per heavy atom. The van der Waals surface area contributed by atoms with Crippen molar-refractivity contribution in [1.82, 2.24) is 14.9 Å². The molecule has 134 valence electrons.